The highest BCUT2D eigenvalue weighted by Gasteiger charge is 2.37. The van der Waals surface area contributed by atoms with E-state index in [9.17, 15) is 4.79 Å². The number of hydrogen-bond acceptors (Lipinski definition) is 5. The van der Waals surface area contributed by atoms with Gasteiger partial charge < -0.3 is 16.4 Å². The first kappa shape index (κ1) is 12.2. The second-order valence-corrected chi connectivity index (χ2v) is 5.16. The molecule has 1 heterocycles. The summed E-state index contributed by atoms with van der Waals surface area (Å²) in [6, 6.07) is 0.484. The van der Waals surface area contributed by atoms with Crippen LogP contribution in [0.2, 0.25) is 0 Å². The van der Waals surface area contributed by atoms with Crippen LogP contribution in [0.3, 0.4) is 0 Å². The van der Waals surface area contributed by atoms with Crippen molar-refractivity contribution in [2.24, 2.45) is 5.92 Å². The van der Waals surface area contributed by atoms with Crippen LogP contribution >= 0.6 is 11.5 Å². The molecule has 0 spiro atoms. The van der Waals surface area contributed by atoms with Gasteiger partial charge in [-0.3, -0.25) is 4.79 Å². The number of nitrogens with zero attached hydrogens (tertiary/aromatic N) is 1. The summed E-state index contributed by atoms with van der Waals surface area (Å²) in [6.45, 7) is 2.19. The van der Waals surface area contributed by atoms with Crippen molar-refractivity contribution in [3.8, 4) is 0 Å². The van der Waals surface area contributed by atoms with Gasteiger partial charge in [-0.2, -0.15) is 4.37 Å². The number of carbonyl (C=O) groups is 1. The Bertz CT molecular complexity index is 418. The molecule has 1 amide bonds. The van der Waals surface area contributed by atoms with Crippen LogP contribution in [0.4, 0.5) is 10.8 Å². The number of amides is 1. The Labute approximate surface area is 105 Å². The molecular weight excluding hydrogens is 236 g/mol. The smallest absolute Gasteiger partial charge is 0.257 e. The molecule has 0 bridgehead atoms. The van der Waals surface area contributed by atoms with Crippen molar-refractivity contribution in [1.29, 1.82) is 0 Å². The minimum absolute atomic E-state index is 0.175. The first-order valence-electron chi connectivity index (χ1n) is 5.91. The van der Waals surface area contributed by atoms with E-state index in [-0.39, 0.29) is 5.91 Å². The molecule has 2 unspecified atom stereocenters. The summed E-state index contributed by atoms with van der Waals surface area (Å²) in [5.74, 6) is 0.872. The van der Waals surface area contributed by atoms with Crippen LogP contribution in [-0.2, 0) is 0 Å². The molecule has 0 saturated heterocycles. The van der Waals surface area contributed by atoms with Crippen LogP contribution in [0.25, 0.3) is 0 Å². The minimum atomic E-state index is -0.175. The summed E-state index contributed by atoms with van der Waals surface area (Å²) in [7, 11) is 1.60. The van der Waals surface area contributed by atoms with Crippen LogP contribution in [0.1, 0.15) is 36.5 Å². The van der Waals surface area contributed by atoms with Gasteiger partial charge in [0, 0.05) is 13.1 Å². The van der Waals surface area contributed by atoms with E-state index in [0.29, 0.717) is 17.4 Å². The Morgan fingerprint density at radius 2 is 2.41 bits per heavy atom. The molecule has 0 aliphatic heterocycles. The van der Waals surface area contributed by atoms with Gasteiger partial charge in [0.05, 0.1) is 0 Å². The van der Waals surface area contributed by atoms with Gasteiger partial charge in [0.15, 0.2) is 5.82 Å². The van der Waals surface area contributed by atoms with Crippen molar-refractivity contribution < 1.29 is 4.79 Å². The molecular formula is C11H18N4OS. The lowest BCUT2D eigenvalue weighted by Crippen LogP contribution is -2.20. The second-order valence-electron chi connectivity index (χ2n) is 4.39. The van der Waals surface area contributed by atoms with Crippen molar-refractivity contribution in [3.05, 3.63) is 5.56 Å². The van der Waals surface area contributed by atoms with Crippen LogP contribution in [0.15, 0.2) is 0 Å². The third kappa shape index (κ3) is 2.52. The van der Waals surface area contributed by atoms with E-state index in [1.165, 1.54) is 30.8 Å². The maximum Gasteiger partial charge on any atom is 0.257 e. The normalized spacial score (nSPS) is 22.2. The highest BCUT2D eigenvalue weighted by molar-refractivity contribution is 7.11. The summed E-state index contributed by atoms with van der Waals surface area (Å²) < 4.78 is 4.03. The largest absolute Gasteiger partial charge is 0.382 e. The Balaban J connectivity index is 2.04. The number of hydrogen-bond donors (Lipinski definition) is 3. The van der Waals surface area contributed by atoms with E-state index in [1.807, 2.05) is 0 Å². The molecule has 1 fully saturated rings. The zero-order valence-electron chi connectivity index (χ0n) is 10.1. The van der Waals surface area contributed by atoms with Crippen LogP contribution < -0.4 is 16.4 Å². The van der Waals surface area contributed by atoms with Crippen molar-refractivity contribution in [1.82, 2.24) is 9.69 Å². The molecule has 94 valence electrons. The van der Waals surface area contributed by atoms with Crippen LogP contribution in [0.5, 0.6) is 0 Å². The first-order chi connectivity index (χ1) is 8.17. The summed E-state index contributed by atoms with van der Waals surface area (Å²) in [5.41, 5.74) is 6.19. The van der Waals surface area contributed by atoms with Gasteiger partial charge in [-0.25, -0.2) is 0 Å². The molecule has 6 heteroatoms. The van der Waals surface area contributed by atoms with Crippen molar-refractivity contribution in [3.63, 3.8) is 0 Å². The fraction of sp³-hybridized carbons (Fsp3) is 0.636. The quantitative estimate of drug-likeness (QED) is 0.747. The molecule has 17 heavy (non-hydrogen) atoms. The van der Waals surface area contributed by atoms with E-state index in [0.717, 1.165) is 10.9 Å². The molecule has 1 aliphatic rings. The van der Waals surface area contributed by atoms with E-state index >= 15 is 0 Å². The summed E-state index contributed by atoms with van der Waals surface area (Å²) >= 11 is 1.26. The predicted octanol–water partition coefficient (Wildman–Crippen LogP) is 1.69. The fourth-order valence-corrected chi connectivity index (χ4v) is 2.80. The average Bonchev–Trinajstić information content (AvgIpc) is 2.93. The number of aromatic nitrogens is 1. The van der Waals surface area contributed by atoms with Crippen molar-refractivity contribution >= 4 is 28.3 Å². The average molecular weight is 254 g/mol. The van der Waals surface area contributed by atoms with Gasteiger partial charge in [0.2, 0.25) is 0 Å². The highest BCUT2D eigenvalue weighted by atomic mass is 32.1. The number of nitrogen functional groups attached to an aromatic ring is 1. The number of nitrogens with one attached hydrogen (secondary N) is 2. The third-order valence-corrected chi connectivity index (χ3v) is 3.86. The SMILES string of the molecule is CCCC1CC1Nc1snc(N)c1C(=O)NC. The number of rotatable bonds is 5. The van der Waals surface area contributed by atoms with Crippen LogP contribution in [0, 0.1) is 5.92 Å². The third-order valence-electron chi connectivity index (χ3n) is 3.07. The topological polar surface area (TPSA) is 80.0 Å². The van der Waals surface area contributed by atoms with Crippen LogP contribution in [-0.4, -0.2) is 23.4 Å². The maximum atomic E-state index is 11.7. The maximum absolute atomic E-state index is 11.7. The van der Waals surface area contributed by atoms with Gasteiger partial charge >= 0.3 is 0 Å². The lowest BCUT2D eigenvalue weighted by Gasteiger charge is -2.05. The standard InChI is InChI=1S/C11H18N4OS/c1-3-4-6-5-7(6)14-11-8(10(16)13-2)9(12)15-17-11/h6-7,14H,3-5H2,1-2H3,(H2,12,15)(H,13,16). The van der Waals surface area contributed by atoms with Gasteiger partial charge in [0.25, 0.3) is 5.91 Å². The van der Waals surface area contributed by atoms with Crippen molar-refractivity contribution in [2.45, 2.75) is 32.2 Å². The van der Waals surface area contributed by atoms with E-state index < -0.39 is 0 Å². The molecule has 1 saturated carbocycles. The van der Waals surface area contributed by atoms with Gasteiger partial charge in [0.1, 0.15) is 10.6 Å². The Hall–Kier alpha value is -1.30. The first-order valence-corrected chi connectivity index (χ1v) is 6.68. The molecule has 1 aliphatic carbocycles. The van der Waals surface area contributed by atoms with E-state index in [2.05, 4.69) is 21.9 Å². The summed E-state index contributed by atoms with van der Waals surface area (Å²) in [5, 5.41) is 6.75. The van der Waals surface area contributed by atoms with Gasteiger partial charge in [-0.1, -0.05) is 13.3 Å². The molecule has 4 N–H and O–H groups in total. The van der Waals surface area contributed by atoms with Crippen molar-refractivity contribution in [2.75, 3.05) is 18.1 Å². The number of anilines is 2. The summed E-state index contributed by atoms with van der Waals surface area (Å²) in [4.78, 5) is 11.7. The molecule has 2 atom stereocenters. The molecule has 5 nitrogen and oxygen atoms in total. The zero-order valence-corrected chi connectivity index (χ0v) is 10.9. The van der Waals surface area contributed by atoms with E-state index in [1.54, 1.807) is 7.05 Å². The molecule has 1 aromatic rings. The Morgan fingerprint density at radius 1 is 1.65 bits per heavy atom. The molecule has 2 rings (SSSR count). The fourth-order valence-electron chi connectivity index (χ4n) is 2.03. The Kier molecular flexibility index (Phi) is 3.51. The van der Waals surface area contributed by atoms with Gasteiger partial charge in [-0.05, 0) is 30.3 Å². The molecule has 0 aromatic carbocycles. The highest BCUT2D eigenvalue weighted by Crippen LogP contribution is 2.39. The van der Waals surface area contributed by atoms with E-state index in [4.69, 9.17) is 5.73 Å². The minimum Gasteiger partial charge on any atom is -0.382 e. The zero-order chi connectivity index (χ0) is 12.4. The van der Waals surface area contributed by atoms with Gasteiger partial charge in [-0.15, -0.1) is 0 Å². The molecule has 0 radical (unpaired) electrons. The second kappa shape index (κ2) is 4.91. The number of carbonyl (C=O) groups excluding carboxylic acids is 1. The molecule has 1 aromatic heterocycles. The lowest BCUT2D eigenvalue weighted by atomic mass is 10.2. The number of nitrogens with two attached hydrogens (primary N) is 1. The predicted molar refractivity (Wildman–Crippen MR) is 70.3 cm³/mol. The lowest BCUT2D eigenvalue weighted by molar-refractivity contribution is 0.0965. The monoisotopic (exact) mass is 254 g/mol. The summed E-state index contributed by atoms with van der Waals surface area (Å²) in [6.07, 6.45) is 3.62. The Morgan fingerprint density at radius 3 is 3.06 bits per heavy atom.